The summed E-state index contributed by atoms with van der Waals surface area (Å²) in [5.41, 5.74) is 1.62. The van der Waals surface area contributed by atoms with Gasteiger partial charge in [0.15, 0.2) is 23.0 Å². The molecule has 2 rings (SSSR count). The molecule has 0 aliphatic rings. The molecular formula is C34H47ClO8. The molecule has 8 nitrogen and oxygen atoms in total. The van der Waals surface area contributed by atoms with Gasteiger partial charge in [0.05, 0.1) is 34.0 Å². The lowest BCUT2D eigenvalue weighted by Crippen LogP contribution is -2.02. The van der Waals surface area contributed by atoms with E-state index in [0.717, 1.165) is 68.6 Å². The second-order valence-corrected chi connectivity index (χ2v) is 9.88. The van der Waals surface area contributed by atoms with Crippen LogP contribution in [0.25, 0.3) is 12.2 Å². The number of methoxy groups -OCH3 is 2. The summed E-state index contributed by atoms with van der Waals surface area (Å²) in [6, 6.07) is 10.9. The summed E-state index contributed by atoms with van der Waals surface area (Å²) in [6.07, 6.45) is 13.9. The molecule has 238 valence electrons. The number of rotatable bonds is 20. The molecule has 0 saturated carbocycles. The number of carboxylic acids is 1. The molecule has 0 heterocycles. The van der Waals surface area contributed by atoms with Crippen molar-refractivity contribution in [1.29, 1.82) is 0 Å². The lowest BCUT2D eigenvalue weighted by atomic mass is 10.2. The third-order valence-electron chi connectivity index (χ3n) is 5.99. The first-order valence-electron chi connectivity index (χ1n) is 14.8. The van der Waals surface area contributed by atoms with Gasteiger partial charge in [0.2, 0.25) is 0 Å². The van der Waals surface area contributed by atoms with E-state index >= 15 is 0 Å². The van der Waals surface area contributed by atoms with Gasteiger partial charge in [-0.2, -0.15) is 0 Å². The van der Waals surface area contributed by atoms with Crippen molar-refractivity contribution in [2.75, 3.05) is 39.9 Å². The number of alkyl halides is 1. The fourth-order valence-electron chi connectivity index (χ4n) is 3.57. The van der Waals surface area contributed by atoms with Crippen LogP contribution in [-0.2, 0) is 14.3 Å². The zero-order valence-electron chi connectivity index (χ0n) is 25.9. The number of esters is 1. The number of halogens is 1. The normalized spacial score (nSPS) is 10.7. The number of hydrogen-bond acceptors (Lipinski definition) is 7. The number of unbranched alkanes of at least 4 members (excludes halogenated alkanes) is 5. The third-order valence-corrected chi connectivity index (χ3v) is 6.26. The minimum atomic E-state index is -0.975. The van der Waals surface area contributed by atoms with Gasteiger partial charge < -0.3 is 28.8 Å². The van der Waals surface area contributed by atoms with Crippen molar-refractivity contribution in [2.24, 2.45) is 0 Å². The van der Waals surface area contributed by atoms with Gasteiger partial charge in [-0.05, 0) is 73.2 Å². The van der Waals surface area contributed by atoms with Crippen LogP contribution >= 0.6 is 11.6 Å². The Balaban J connectivity index is 0.000000453. The predicted molar refractivity (Wildman–Crippen MR) is 173 cm³/mol. The Labute approximate surface area is 261 Å². The lowest BCUT2D eigenvalue weighted by Gasteiger charge is -2.10. The Bertz CT molecular complexity index is 1130. The average molecular weight is 619 g/mol. The number of carbonyl (C=O) groups excluding carboxylic acids is 1. The Morgan fingerprint density at radius 2 is 1.21 bits per heavy atom. The number of ether oxygens (including phenoxy) is 5. The van der Waals surface area contributed by atoms with Crippen molar-refractivity contribution in [3.05, 3.63) is 59.7 Å². The molecule has 1 N–H and O–H groups in total. The molecule has 0 saturated heterocycles. The Morgan fingerprint density at radius 1 is 0.698 bits per heavy atom. The number of carboxylic acid groups (broad SMARTS) is 1. The molecule has 0 fully saturated rings. The van der Waals surface area contributed by atoms with Crippen LogP contribution in [-0.4, -0.2) is 57.0 Å². The van der Waals surface area contributed by atoms with Crippen LogP contribution in [0.2, 0.25) is 0 Å². The zero-order valence-corrected chi connectivity index (χ0v) is 26.7. The minimum absolute atomic E-state index is 0.334. The molecule has 0 bridgehead atoms. The highest BCUT2D eigenvalue weighted by molar-refractivity contribution is 6.17. The van der Waals surface area contributed by atoms with E-state index in [4.69, 9.17) is 40.4 Å². The van der Waals surface area contributed by atoms with E-state index in [1.54, 1.807) is 38.5 Å². The van der Waals surface area contributed by atoms with Crippen molar-refractivity contribution < 1.29 is 38.4 Å². The highest BCUT2D eigenvalue weighted by atomic mass is 35.5. The fraction of sp³-hybridized carbons (Fsp3) is 0.471. The average Bonchev–Trinajstić information content (AvgIpc) is 3.02. The summed E-state index contributed by atoms with van der Waals surface area (Å²) in [7, 11) is 3.17. The number of aliphatic carboxylic acids is 1. The molecule has 0 spiro atoms. The molecule has 0 atom stereocenters. The van der Waals surface area contributed by atoms with Crippen LogP contribution in [0, 0.1) is 0 Å². The van der Waals surface area contributed by atoms with Gasteiger partial charge in [-0.15, -0.1) is 11.6 Å². The van der Waals surface area contributed by atoms with E-state index in [1.807, 2.05) is 18.2 Å². The van der Waals surface area contributed by atoms with E-state index < -0.39 is 5.97 Å². The van der Waals surface area contributed by atoms with Crippen LogP contribution in [0.4, 0.5) is 0 Å². The van der Waals surface area contributed by atoms with E-state index in [-0.39, 0.29) is 5.97 Å². The van der Waals surface area contributed by atoms with Crippen molar-refractivity contribution in [3.63, 3.8) is 0 Å². The van der Waals surface area contributed by atoms with Crippen LogP contribution < -0.4 is 18.9 Å². The smallest absolute Gasteiger partial charge is 0.330 e. The van der Waals surface area contributed by atoms with Crippen LogP contribution in [0.5, 0.6) is 23.0 Å². The molecule has 43 heavy (non-hydrogen) atoms. The molecule has 2 aromatic carbocycles. The maximum Gasteiger partial charge on any atom is 0.330 e. The molecule has 0 aliphatic carbocycles. The van der Waals surface area contributed by atoms with Crippen LogP contribution in [0.3, 0.4) is 0 Å². The van der Waals surface area contributed by atoms with Crippen molar-refractivity contribution in [1.82, 2.24) is 0 Å². The van der Waals surface area contributed by atoms with Gasteiger partial charge in [-0.3, -0.25) is 0 Å². The maximum atomic E-state index is 11.7. The number of carbonyl (C=O) groups is 2. The first-order valence-corrected chi connectivity index (χ1v) is 15.3. The topological polar surface area (TPSA) is 101 Å². The molecule has 0 unspecified atom stereocenters. The zero-order chi connectivity index (χ0) is 31.7. The summed E-state index contributed by atoms with van der Waals surface area (Å²) in [5, 5.41) is 8.56. The maximum absolute atomic E-state index is 11.7. The van der Waals surface area contributed by atoms with E-state index in [1.165, 1.54) is 12.2 Å². The first-order chi connectivity index (χ1) is 20.9. The second-order valence-electron chi connectivity index (χ2n) is 9.50. The van der Waals surface area contributed by atoms with Crippen molar-refractivity contribution in [3.8, 4) is 23.0 Å². The summed E-state index contributed by atoms with van der Waals surface area (Å²) < 4.78 is 27.0. The highest BCUT2D eigenvalue weighted by Crippen LogP contribution is 2.29. The predicted octanol–water partition coefficient (Wildman–Crippen LogP) is 8.20. The summed E-state index contributed by atoms with van der Waals surface area (Å²) >= 11 is 5.62. The monoisotopic (exact) mass is 618 g/mol. The Kier molecular flexibility index (Phi) is 20.7. The van der Waals surface area contributed by atoms with E-state index in [0.29, 0.717) is 48.7 Å². The SMILES string of the molecule is CCCCOc1ccc(/C=C/C(=O)O)cc1OC.CCCCOc1ccc(/C=C/C(=O)OCCCCCCCl)cc1OC. The summed E-state index contributed by atoms with van der Waals surface area (Å²) in [6.45, 7) is 5.98. The van der Waals surface area contributed by atoms with E-state index in [2.05, 4.69) is 13.8 Å². The Morgan fingerprint density at radius 3 is 1.67 bits per heavy atom. The standard InChI is InChI=1S/C20H29ClO4.C14H18O4/c1-3-4-14-24-18-11-9-17(16-19(18)23-2)10-12-20(22)25-15-8-6-5-7-13-21;1-3-4-9-18-12-7-5-11(6-8-14(15)16)10-13(12)17-2/h9-12,16H,3-8,13-15H2,1-2H3;5-8,10H,3-4,9H2,1-2H3,(H,15,16)/b12-10+;8-6+. The van der Waals surface area contributed by atoms with Gasteiger partial charge in [0, 0.05) is 18.0 Å². The van der Waals surface area contributed by atoms with Crippen molar-refractivity contribution in [2.45, 2.75) is 65.2 Å². The molecular weight excluding hydrogens is 572 g/mol. The van der Waals surface area contributed by atoms with Gasteiger partial charge in [-0.25, -0.2) is 9.59 Å². The molecule has 0 radical (unpaired) electrons. The third kappa shape index (κ3) is 17.2. The molecule has 0 amide bonds. The van der Waals surface area contributed by atoms with Gasteiger partial charge in [0.1, 0.15) is 0 Å². The molecule has 9 heteroatoms. The van der Waals surface area contributed by atoms with Gasteiger partial charge in [-0.1, -0.05) is 51.7 Å². The van der Waals surface area contributed by atoms with Gasteiger partial charge in [0.25, 0.3) is 0 Å². The highest BCUT2D eigenvalue weighted by Gasteiger charge is 2.06. The molecule has 2 aromatic rings. The quantitative estimate of drug-likeness (QED) is 0.0686. The fourth-order valence-corrected chi connectivity index (χ4v) is 3.76. The summed E-state index contributed by atoms with van der Waals surface area (Å²) in [5.74, 6) is 2.04. The summed E-state index contributed by atoms with van der Waals surface area (Å²) in [4.78, 5) is 22.1. The lowest BCUT2D eigenvalue weighted by molar-refractivity contribution is -0.137. The van der Waals surface area contributed by atoms with Crippen LogP contribution in [0.15, 0.2) is 48.6 Å². The van der Waals surface area contributed by atoms with E-state index in [9.17, 15) is 9.59 Å². The number of benzene rings is 2. The van der Waals surface area contributed by atoms with Gasteiger partial charge >= 0.3 is 11.9 Å². The number of hydrogen-bond donors (Lipinski definition) is 1. The first kappa shape index (κ1) is 37.4. The minimum Gasteiger partial charge on any atom is -0.493 e. The largest absolute Gasteiger partial charge is 0.493 e. The molecule has 0 aromatic heterocycles. The Hall–Kier alpha value is -3.65. The van der Waals surface area contributed by atoms with Crippen LogP contribution in [0.1, 0.15) is 76.3 Å². The second kappa shape index (κ2) is 23.9. The van der Waals surface area contributed by atoms with Crippen molar-refractivity contribution >= 4 is 35.7 Å². The molecule has 0 aliphatic heterocycles.